The molecule has 0 heterocycles. The molecule has 0 aromatic heterocycles. The maximum absolute atomic E-state index is 13.0. The van der Waals surface area contributed by atoms with Crippen LogP contribution in [0.1, 0.15) is 37.3 Å². The van der Waals surface area contributed by atoms with Crippen molar-refractivity contribution < 1.29 is 8.42 Å². The lowest BCUT2D eigenvalue weighted by Gasteiger charge is -2.09. The van der Waals surface area contributed by atoms with Gasteiger partial charge in [0.25, 0.3) is 0 Å². The van der Waals surface area contributed by atoms with Crippen molar-refractivity contribution in [2.75, 3.05) is 0 Å². The molecule has 0 saturated heterocycles. The molecule has 0 aliphatic heterocycles. The normalized spacial score (nSPS) is 13.3. The van der Waals surface area contributed by atoms with Crippen molar-refractivity contribution in [2.45, 2.75) is 49.8 Å². The summed E-state index contributed by atoms with van der Waals surface area (Å²) < 4.78 is 26.5. The Morgan fingerprint density at radius 1 is 0.833 bits per heavy atom. The number of hydrogen-bond acceptors (Lipinski definition) is 2. The third kappa shape index (κ3) is 4.99. The van der Waals surface area contributed by atoms with Crippen molar-refractivity contribution in [2.24, 2.45) is 0 Å². The number of aryl methyl sites for hydroxylation is 2. The van der Waals surface area contributed by atoms with Gasteiger partial charge in [-0.25, -0.2) is 8.42 Å². The predicted molar refractivity (Wildman–Crippen MR) is 103 cm³/mol. The zero-order valence-electron chi connectivity index (χ0n) is 14.5. The van der Waals surface area contributed by atoms with Crippen LogP contribution in [0.25, 0.3) is 0 Å². The van der Waals surface area contributed by atoms with Crippen molar-refractivity contribution in [1.82, 2.24) is 0 Å². The van der Waals surface area contributed by atoms with E-state index in [1.54, 1.807) is 0 Å². The SMILES string of the molecule is CCCCC=C([S@@](=O)c1ccc(C)cc1)[S@@](=O)c1ccc(C)cc1. The molecular weight excluding hydrogens is 336 g/mol. The molecule has 0 N–H and O–H groups in total. The Kier molecular flexibility index (Phi) is 7.13. The van der Waals surface area contributed by atoms with Crippen molar-refractivity contribution >= 4 is 21.6 Å². The van der Waals surface area contributed by atoms with Gasteiger partial charge in [-0.3, -0.25) is 0 Å². The van der Waals surface area contributed by atoms with E-state index in [1.165, 1.54) is 0 Å². The highest BCUT2D eigenvalue weighted by Gasteiger charge is 2.18. The van der Waals surface area contributed by atoms with Crippen molar-refractivity contribution in [3.63, 3.8) is 0 Å². The van der Waals surface area contributed by atoms with Crippen LogP contribution in [-0.2, 0) is 21.6 Å². The van der Waals surface area contributed by atoms with Crippen molar-refractivity contribution in [3.05, 3.63) is 70.0 Å². The first-order valence-electron chi connectivity index (χ1n) is 8.20. The fourth-order valence-corrected chi connectivity index (χ4v) is 5.10. The number of unbranched alkanes of at least 4 members (excludes halogenated alkanes) is 2. The second-order valence-corrected chi connectivity index (χ2v) is 8.98. The van der Waals surface area contributed by atoms with Gasteiger partial charge >= 0.3 is 0 Å². The zero-order chi connectivity index (χ0) is 17.5. The molecule has 0 aliphatic rings. The van der Waals surface area contributed by atoms with E-state index in [1.807, 2.05) is 68.5 Å². The third-order valence-corrected chi connectivity index (χ3v) is 7.08. The first-order chi connectivity index (χ1) is 11.5. The highest BCUT2D eigenvalue weighted by atomic mass is 32.2. The van der Waals surface area contributed by atoms with E-state index >= 15 is 0 Å². The highest BCUT2D eigenvalue weighted by molar-refractivity contribution is 8.08. The van der Waals surface area contributed by atoms with Gasteiger partial charge in [0.15, 0.2) is 0 Å². The van der Waals surface area contributed by atoms with E-state index in [0.29, 0.717) is 14.0 Å². The molecule has 0 radical (unpaired) electrons. The Labute approximate surface area is 149 Å². The Morgan fingerprint density at radius 3 is 1.62 bits per heavy atom. The summed E-state index contributed by atoms with van der Waals surface area (Å²) in [4.78, 5) is 1.40. The van der Waals surface area contributed by atoms with Gasteiger partial charge in [-0.15, -0.1) is 0 Å². The molecule has 2 rings (SSSR count). The molecular formula is C20H24O2S2. The predicted octanol–water partition coefficient (Wildman–Crippen LogP) is 5.25. The van der Waals surface area contributed by atoms with Gasteiger partial charge in [0, 0.05) is 9.79 Å². The van der Waals surface area contributed by atoms with Crippen LogP contribution in [-0.4, -0.2) is 8.42 Å². The molecule has 0 spiro atoms. The van der Waals surface area contributed by atoms with Crippen LogP contribution < -0.4 is 0 Å². The topological polar surface area (TPSA) is 34.1 Å². The van der Waals surface area contributed by atoms with Crippen LogP contribution in [0.4, 0.5) is 0 Å². The molecule has 128 valence electrons. The van der Waals surface area contributed by atoms with E-state index in [0.717, 1.165) is 30.4 Å². The summed E-state index contributed by atoms with van der Waals surface area (Å²) in [6.07, 6.45) is 4.74. The Morgan fingerprint density at radius 2 is 1.25 bits per heavy atom. The lowest BCUT2D eigenvalue weighted by atomic mass is 10.2. The number of hydrogen-bond donors (Lipinski definition) is 0. The average Bonchev–Trinajstić information content (AvgIpc) is 2.59. The van der Waals surface area contributed by atoms with Gasteiger partial charge in [-0.2, -0.15) is 0 Å². The van der Waals surface area contributed by atoms with Crippen LogP contribution in [0.5, 0.6) is 0 Å². The van der Waals surface area contributed by atoms with Gasteiger partial charge in [-0.1, -0.05) is 61.2 Å². The van der Waals surface area contributed by atoms with E-state index in [-0.39, 0.29) is 0 Å². The maximum atomic E-state index is 13.0. The quantitative estimate of drug-likeness (QED) is 0.632. The molecule has 2 nitrogen and oxygen atoms in total. The van der Waals surface area contributed by atoms with Gasteiger partial charge in [0.2, 0.25) is 0 Å². The Hall–Kier alpha value is -1.52. The summed E-state index contributed by atoms with van der Waals surface area (Å²) in [7, 11) is -2.82. The zero-order valence-corrected chi connectivity index (χ0v) is 16.1. The second-order valence-electron chi connectivity index (χ2n) is 5.83. The summed E-state index contributed by atoms with van der Waals surface area (Å²) in [5, 5.41) is 0. The fraction of sp³-hybridized carbons (Fsp3) is 0.300. The minimum atomic E-state index is -1.41. The molecule has 0 amide bonds. The smallest absolute Gasteiger partial charge is 0.109 e. The molecule has 0 unspecified atom stereocenters. The van der Waals surface area contributed by atoms with Crippen molar-refractivity contribution in [1.29, 1.82) is 0 Å². The molecule has 2 aromatic rings. The number of allylic oxidation sites excluding steroid dienone is 1. The van der Waals surface area contributed by atoms with Crippen molar-refractivity contribution in [3.8, 4) is 0 Å². The first kappa shape index (κ1) is 18.8. The largest absolute Gasteiger partial charge is 0.248 e. The molecule has 0 fully saturated rings. The van der Waals surface area contributed by atoms with Gasteiger partial charge < -0.3 is 0 Å². The molecule has 0 saturated carbocycles. The lowest BCUT2D eigenvalue weighted by Crippen LogP contribution is -2.04. The summed E-state index contributed by atoms with van der Waals surface area (Å²) in [5.41, 5.74) is 2.24. The van der Waals surface area contributed by atoms with E-state index in [4.69, 9.17) is 0 Å². The highest BCUT2D eigenvalue weighted by Crippen LogP contribution is 2.24. The van der Waals surface area contributed by atoms with E-state index in [9.17, 15) is 8.42 Å². The summed E-state index contributed by atoms with van der Waals surface area (Å²) in [5.74, 6) is 0. The van der Waals surface area contributed by atoms with Gasteiger partial charge in [-0.05, 0) is 44.5 Å². The molecule has 24 heavy (non-hydrogen) atoms. The summed E-state index contributed by atoms with van der Waals surface area (Å²) in [6, 6.07) is 15.2. The minimum Gasteiger partial charge on any atom is -0.248 e. The lowest BCUT2D eigenvalue weighted by molar-refractivity contribution is 0.682. The standard InChI is InChI=1S/C20H24O2S2/c1-4-5-6-7-20(23(21)18-12-8-16(2)9-13-18)24(22)19-14-10-17(3)11-15-19/h7-15H,4-6H2,1-3H3/t23-,24-/m0/s1. The Balaban J connectivity index is 2.35. The molecule has 0 bridgehead atoms. The third-order valence-electron chi connectivity index (χ3n) is 3.70. The molecule has 2 atom stereocenters. The summed E-state index contributed by atoms with van der Waals surface area (Å²) >= 11 is 0. The number of rotatable bonds is 7. The number of benzene rings is 2. The minimum absolute atomic E-state index is 0.496. The van der Waals surface area contributed by atoms with E-state index in [2.05, 4.69) is 6.92 Å². The fourth-order valence-electron chi connectivity index (χ4n) is 2.20. The molecule has 4 heteroatoms. The molecule has 2 aromatic carbocycles. The molecule has 0 aliphatic carbocycles. The first-order valence-corrected chi connectivity index (χ1v) is 10.5. The van der Waals surface area contributed by atoms with E-state index < -0.39 is 21.6 Å². The van der Waals surface area contributed by atoms with Crippen LogP contribution >= 0.6 is 0 Å². The van der Waals surface area contributed by atoms with Crippen LogP contribution in [0.15, 0.2) is 68.6 Å². The van der Waals surface area contributed by atoms with Crippen LogP contribution in [0, 0.1) is 13.8 Å². The van der Waals surface area contributed by atoms with Gasteiger partial charge in [0.05, 0.1) is 21.6 Å². The summed E-state index contributed by atoms with van der Waals surface area (Å²) in [6.45, 7) is 6.10. The monoisotopic (exact) mass is 360 g/mol. The maximum Gasteiger partial charge on any atom is 0.109 e. The van der Waals surface area contributed by atoms with Crippen LogP contribution in [0.3, 0.4) is 0 Å². The van der Waals surface area contributed by atoms with Crippen LogP contribution in [0.2, 0.25) is 0 Å². The Bertz CT molecular complexity index is 685. The second kappa shape index (κ2) is 9.09. The average molecular weight is 361 g/mol. The van der Waals surface area contributed by atoms with Gasteiger partial charge in [0.1, 0.15) is 4.24 Å².